The number of hydrogen-bond acceptors (Lipinski definition) is 6. The lowest BCUT2D eigenvalue weighted by atomic mass is 9.98. The summed E-state index contributed by atoms with van der Waals surface area (Å²) in [6, 6.07) is 24.1. The summed E-state index contributed by atoms with van der Waals surface area (Å²) in [7, 11) is 1.65. The monoisotopic (exact) mass is 515 g/mol. The Labute approximate surface area is 224 Å². The molecule has 1 aliphatic rings. The summed E-state index contributed by atoms with van der Waals surface area (Å²) in [6.07, 6.45) is 0.591. The molecule has 1 unspecified atom stereocenters. The zero-order chi connectivity index (χ0) is 26.7. The summed E-state index contributed by atoms with van der Waals surface area (Å²) >= 11 is 0. The molecule has 1 heterocycles. The minimum Gasteiger partial charge on any atom is -0.497 e. The maximum Gasteiger partial charge on any atom is 0.253 e. The molecule has 1 aliphatic heterocycles. The lowest BCUT2D eigenvalue weighted by molar-refractivity contribution is 0.0736. The number of nitrogens with one attached hydrogen (secondary N) is 3. The van der Waals surface area contributed by atoms with Crippen molar-refractivity contribution < 1.29 is 14.3 Å². The highest BCUT2D eigenvalue weighted by Gasteiger charge is 2.23. The Bertz CT molecular complexity index is 1200. The van der Waals surface area contributed by atoms with Crippen LogP contribution in [0.25, 0.3) is 0 Å². The van der Waals surface area contributed by atoms with Crippen LogP contribution in [0, 0.1) is 0 Å². The van der Waals surface area contributed by atoms with Crippen LogP contribution in [0.2, 0.25) is 0 Å². The van der Waals surface area contributed by atoms with Crippen LogP contribution in [0.1, 0.15) is 31.8 Å². The molecule has 38 heavy (non-hydrogen) atoms. The van der Waals surface area contributed by atoms with E-state index in [2.05, 4.69) is 16.0 Å². The number of piperazine rings is 1. The van der Waals surface area contributed by atoms with Crippen LogP contribution in [-0.2, 0) is 13.0 Å². The molecular formula is C30H37N5O3. The Morgan fingerprint density at radius 1 is 0.947 bits per heavy atom. The summed E-state index contributed by atoms with van der Waals surface area (Å²) in [5.41, 5.74) is 9.76. The lowest BCUT2D eigenvalue weighted by Crippen LogP contribution is -2.53. The molecule has 0 radical (unpaired) electrons. The van der Waals surface area contributed by atoms with E-state index < -0.39 is 0 Å². The molecule has 2 atom stereocenters. The number of carbonyl (C=O) groups excluding carboxylic acids is 2. The Balaban J connectivity index is 1.42. The van der Waals surface area contributed by atoms with Crippen LogP contribution in [0.4, 0.5) is 0 Å². The predicted molar refractivity (Wildman–Crippen MR) is 149 cm³/mol. The van der Waals surface area contributed by atoms with Crippen molar-refractivity contribution in [2.75, 3.05) is 39.8 Å². The van der Waals surface area contributed by atoms with Gasteiger partial charge in [0.05, 0.1) is 7.11 Å². The third kappa shape index (κ3) is 7.64. The van der Waals surface area contributed by atoms with Crippen molar-refractivity contribution >= 4 is 11.8 Å². The first-order valence-electron chi connectivity index (χ1n) is 13.1. The summed E-state index contributed by atoms with van der Waals surface area (Å²) in [5, 5.41) is 9.79. The fourth-order valence-electron chi connectivity index (χ4n) is 4.58. The van der Waals surface area contributed by atoms with Gasteiger partial charge >= 0.3 is 0 Å². The Kier molecular flexibility index (Phi) is 9.86. The van der Waals surface area contributed by atoms with Crippen molar-refractivity contribution in [1.82, 2.24) is 20.9 Å². The average molecular weight is 516 g/mol. The van der Waals surface area contributed by atoms with Crippen LogP contribution in [0.3, 0.4) is 0 Å². The fourth-order valence-corrected chi connectivity index (χ4v) is 4.58. The van der Waals surface area contributed by atoms with Gasteiger partial charge in [-0.3, -0.25) is 9.59 Å². The quantitative estimate of drug-likeness (QED) is 0.312. The van der Waals surface area contributed by atoms with E-state index in [1.54, 1.807) is 31.4 Å². The summed E-state index contributed by atoms with van der Waals surface area (Å²) < 4.78 is 5.30. The van der Waals surface area contributed by atoms with Crippen molar-refractivity contribution in [2.45, 2.75) is 25.0 Å². The molecular weight excluding hydrogens is 478 g/mol. The second kappa shape index (κ2) is 13.7. The summed E-state index contributed by atoms with van der Waals surface area (Å²) in [6.45, 7) is 4.01. The van der Waals surface area contributed by atoms with Gasteiger partial charge in [0.2, 0.25) is 0 Å². The van der Waals surface area contributed by atoms with Crippen LogP contribution < -0.4 is 26.4 Å². The minimum absolute atomic E-state index is 0.0552. The van der Waals surface area contributed by atoms with Crippen LogP contribution >= 0.6 is 0 Å². The zero-order valence-electron chi connectivity index (χ0n) is 21.9. The van der Waals surface area contributed by atoms with Gasteiger partial charge in [0.1, 0.15) is 5.75 Å². The molecule has 4 rings (SSSR count). The van der Waals surface area contributed by atoms with Crippen molar-refractivity contribution in [3.63, 3.8) is 0 Å². The topological polar surface area (TPSA) is 109 Å². The van der Waals surface area contributed by atoms with E-state index in [1.165, 1.54) is 0 Å². The molecule has 8 nitrogen and oxygen atoms in total. The molecule has 0 aromatic heterocycles. The molecule has 200 valence electrons. The standard InChI is InChI=1S/C30H37N5O3/c1-38-26-12-5-9-23(17-26)20-33-21-27(31)28(18-22-7-3-2-4-8-22)34-29(36)24-10-6-11-25(19-24)30(37)35-15-13-32-14-16-35/h2-12,17,19,27-28,32-33H,13-16,18,20-21,31H2,1H3,(H,34,36)/t27?,28-/m0/s1. The molecule has 1 saturated heterocycles. The first-order valence-corrected chi connectivity index (χ1v) is 13.1. The maximum atomic E-state index is 13.3. The zero-order valence-corrected chi connectivity index (χ0v) is 21.9. The Morgan fingerprint density at radius 3 is 2.42 bits per heavy atom. The number of ether oxygens (including phenoxy) is 1. The fraction of sp³-hybridized carbons (Fsp3) is 0.333. The van der Waals surface area contributed by atoms with Crippen LogP contribution in [0.15, 0.2) is 78.9 Å². The number of nitrogens with two attached hydrogens (primary N) is 1. The highest BCUT2D eigenvalue weighted by Crippen LogP contribution is 2.13. The van der Waals surface area contributed by atoms with Gasteiger partial charge in [-0.05, 0) is 47.9 Å². The van der Waals surface area contributed by atoms with E-state index in [4.69, 9.17) is 10.5 Å². The highest BCUT2D eigenvalue weighted by atomic mass is 16.5. The van der Waals surface area contributed by atoms with Crippen LogP contribution in [-0.4, -0.2) is 68.6 Å². The Morgan fingerprint density at radius 2 is 1.66 bits per heavy atom. The van der Waals surface area contributed by atoms with E-state index >= 15 is 0 Å². The first-order chi connectivity index (χ1) is 18.5. The number of carbonyl (C=O) groups is 2. The van der Waals surface area contributed by atoms with E-state index in [9.17, 15) is 9.59 Å². The van der Waals surface area contributed by atoms with Gasteiger partial charge in [-0.15, -0.1) is 0 Å². The van der Waals surface area contributed by atoms with Gasteiger partial charge in [-0.2, -0.15) is 0 Å². The van der Waals surface area contributed by atoms with E-state index in [-0.39, 0.29) is 23.9 Å². The van der Waals surface area contributed by atoms with Crippen molar-refractivity contribution in [3.8, 4) is 5.75 Å². The molecule has 0 spiro atoms. The van der Waals surface area contributed by atoms with Gasteiger partial charge in [-0.1, -0.05) is 48.5 Å². The van der Waals surface area contributed by atoms with Gasteiger partial charge in [0, 0.05) is 62.5 Å². The molecule has 3 aromatic carbocycles. The minimum atomic E-state index is -0.338. The third-order valence-corrected chi connectivity index (χ3v) is 6.75. The number of amides is 2. The van der Waals surface area contributed by atoms with Crippen molar-refractivity contribution in [3.05, 3.63) is 101 Å². The van der Waals surface area contributed by atoms with Gasteiger partial charge in [-0.25, -0.2) is 0 Å². The molecule has 0 bridgehead atoms. The molecule has 2 amide bonds. The van der Waals surface area contributed by atoms with E-state index in [0.717, 1.165) is 30.0 Å². The maximum absolute atomic E-state index is 13.3. The molecule has 8 heteroatoms. The van der Waals surface area contributed by atoms with Crippen molar-refractivity contribution in [1.29, 1.82) is 0 Å². The second-order valence-electron chi connectivity index (χ2n) is 9.54. The number of methoxy groups -OCH3 is 1. The van der Waals surface area contributed by atoms with Gasteiger partial charge in [0.15, 0.2) is 0 Å². The number of benzene rings is 3. The number of nitrogens with zero attached hydrogens (tertiary/aromatic N) is 1. The first kappa shape index (κ1) is 27.3. The molecule has 0 saturated carbocycles. The summed E-state index contributed by atoms with van der Waals surface area (Å²) in [4.78, 5) is 28.1. The van der Waals surface area contributed by atoms with Gasteiger partial charge in [0.25, 0.3) is 11.8 Å². The SMILES string of the molecule is COc1cccc(CNCC(N)[C@H](Cc2ccccc2)NC(=O)c2cccc(C(=O)N3CCNCC3)c2)c1. The van der Waals surface area contributed by atoms with Gasteiger partial charge < -0.3 is 31.3 Å². The highest BCUT2D eigenvalue weighted by molar-refractivity contribution is 5.99. The summed E-state index contributed by atoms with van der Waals surface area (Å²) in [5.74, 6) is 0.505. The number of hydrogen-bond donors (Lipinski definition) is 4. The second-order valence-corrected chi connectivity index (χ2v) is 9.54. The van der Waals surface area contributed by atoms with Crippen molar-refractivity contribution in [2.24, 2.45) is 5.73 Å². The van der Waals surface area contributed by atoms with E-state index in [0.29, 0.717) is 43.7 Å². The average Bonchev–Trinajstić information content (AvgIpc) is 2.97. The molecule has 3 aromatic rings. The lowest BCUT2D eigenvalue weighted by Gasteiger charge is -2.28. The predicted octanol–water partition coefficient (Wildman–Crippen LogP) is 2.20. The smallest absolute Gasteiger partial charge is 0.253 e. The third-order valence-electron chi connectivity index (χ3n) is 6.75. The molecule has 0 aliphatic carbocycles. The molecule has 1 fully saturated rings. The normalized spacial score (nSPS) is 14.9. The largest absolute Gasteiger partial charge is 0.497 e. The molecule has 5 N–H and O–H groups in total. The Hall–Kier alpha value is -3.72. The number of rotatable bonds is 11. The van der Waals surface area contributed by atoms with Crippen LogP contribution in [0.5, 0.6) is 5.75 Å². The van der Waals surface area contributed by atoms with E-state index in [1.807, 2.05) is 59.5 Å².